The van der Waals surface area contributed by atoms with Gasteiger partial charge in [0.25, 0.3) is 0 Å². The Kier molecular flexibility index (Phi) is 8.16. The molecular weight excluding hydrogens is 600 g/mol. The molecular formula is C34H42O12. The van der Waals surface area contributed by atoms with Gasteiger partial charge in [0.15, 0.2) is 22.8 Å². The summed E-state index contributed by atoms with van der Waals surface area (Å²) in [4.78, 5) is 67.6. The molecule has 1 aromatic rings. The first kappa shape index (κ1) is 33.9. The Morgan fingerprint density at radius 1 is 0.978 bits per heavy atom. The number of esters is 3. The maximum atomic E-state index is 14.6. The molecule has 1 heterocycles. The van der Waals surface area contributed by atoms with Gasteiger partial charge in [0.2, 0.25) is 0 Å². The summed E-state index contributed by atoms with van der Waals surface area (Å²) < 4.78 is 23.6. The third-order valence-electron chi connectivity index (χ3n) is 10.5. The van der Waals surface area contributed by atoms with Crippen LogP contribution in [-0.2, 0) is 38.1 Å². The van der Waals surface area contributed by atoms with Crippen LogP contribution in [0.15, 0.2) is 42.0 Å². The lowest BCUT2D eigenvalue weighted by Gasteiger charge is -2.42. The Morgan fingerprint density at radius 3 is 2.20 bits per heavy atom. The predicted molar refractivity (Wildman–Crippen MR) is 159 cm³/mol. The molecule has 3 saturated carbocycles. The Morgan fingerprint density at radius 2 is 1.61 bits per heavy atom. The summed E-state index contributed by atoms with van der Waals surface area (Å²) in [6.07, 6.45) is -3.60. The fourth-order valence-corrected chi connectivity index (χ4v) is 8.05. The van der Waals surface area contributed by atoms with Crippen LogP contribution in [0.3, 0.4) is 0 Å². The molecule has 12 nitrogen and oxygen atoms in total. The Balaban J connectivity index is 1.76. The largest absolute Gasteiger partial charge is 0.463 e. The van der Waals surface area contributed by atoms with E-state index < -0.39 is 100.0 Å². The van der Waals surface area contributed by atoms with Gasteiger partial charge in [-0.25, -0.2) is 9.59 Å². The molecule has 3 N–H and O–H groups in total. The number of Topliss-reactive ketones (excluding diaryl/α,β-unsaturated/α-hetero) is 2. The van der Waals surface area contributed by atoms with E-state index in [9.17, 15) is 39.3 Å². The van der Waals surface area contributed by atoms with Crippen LogP contribution in [0.5, 0.6) is 0 Å². The standard InChI is InChI=1S/C34H42O12/c1-8-17(2)25(36)45-24-22-23(44-26(37)20-12-10-9-11-13-20)18(3)14-32(22,41)28(39)31(7,40)21-15-30(5,6)27(38)34(21,42)29-33(24,46-29)16-43-19(4)35/h8-13,18,21-24,29,40-42H,14-16H2,1-7H3/b17-8-/t18-,21+,22?,23-,24+,29-,31-,32+,33-,34-/m0/s1. The zero-order valence-corrected chi connectivity index (χ0v) is 27.1. The lowest BCUT2D eigenvalue weighted by molar-refractivity contribution is -0.189. The van der Waals surface area contributed by atoms with Gasteiger partial charge in [-0.1, -0.05) is 45.0 Å². The number of carbonyl (C=O) groups is 5. The molecule has 10 atom stereocenters. The lowest BCUT2D eigenvalue weighted by atomic mass is 9.69. The van der Waals surface area contributed by atoms with Crippen molar-refractivity contribution in [3.63, 3.8) is 0 Å². The summed E-state index contributed by atoms with van der Waals surface area (Å²) in [7, 11) is 0. The van der Waals surface area contributed by atoms with Crippen molar-refractivity contribution >= 4 is 29.5 Å². The normalized spacial score (nSPS) is 41.2. The Hall–Kier alpha value is -3.45. The van der Waals surface area contributed by atoms with Gasteiger partial charge >= 0.3 is 17.9 Å². The second-order valence-corrected chi connectivity index (χ2v) is 14.2. The molecule has 0 aromatic heterocycles. The maximum Gasteiger partial charge on any atom is 0.338 e. The van der Waals surface area contributed by atoms with Crippen LogP contribution >= 0.6 is 0 Å². The first-order valence-electron chi connectivity index (χ1n) is 15.5. The van der Waals surface area contributed by atoms with Crippen LogP contribution in [0.4, 0.5) is 0 Å². The molecule has 46 heavy (non-hydrogen) atoms. The average Bonchev–Trinajstić information content (AvgIpc) is 3.65. The Labute approximate surface area is 267 Å². The smallest absolute Gasteiger partial charge is 0.338 e. The molecule has 1 aromatic carbocycles. The van der Waals surface area contributed by atoms with Gasteiger partial charge in [-0.3, -0.25) is 14.4 Å². The van der Waals surface area contributed by atoms with E-state index in [2.05, 4.69) is 0 Å². The minimum Gasteiger partial charge on any atom is -0.463 e. The van der Waals surface area contributed by atoms with Crippen LogP contribution in [0.1, 0.15) is 71.7 Å². The monoisotopic (exact) mass is 642 g/mol. The highest BCUT2D eigenvalue weighted by Crippen LogP contribution is 2.64. The molecule has 0 bridgehead atoms. The number of ketones is 2. The summed E-state index contributed by atoms with van der Waals surface area (Å²) in [5, 5.41) is 36.9. The van der Waals surface area contributed by atoms with E-state index in [-0.39, 0.29) is 24.0 Å². The van der Waals surface area contributed by atoms with Gasteiger partial charge in [0, 0.05) is 23.8 Å². The molecule has 4 fully saturated rings. The third kappa shape index (κ3) is 4.92. The molecule has 4 aliphatic rings. The van der Waals surface area contributed by atoms with Crippen molar-refractivity contribution in [2.45, 2.75) is 102 Å². The van der Waals surface area contributed by atoms with Gasteiger partial charge in [-0.15, -0.1) is 0 Å². The maximum absolute atomic E-state index is 14.6. The number of epoxide rings is 1. The Bertz CT molecular complexity index is 1500. The zero-order chi connectivity index (χ0) is 34.2. The number of allylic oxidation sites excluding steroid dienone is 1. The molecule has 3 aliphatic carbocycles. The van der Waals surface area contributed by atoms with Crippen molar-refractivity contribution in [2.24, 2.45) is 23.2 Å². The van der Waals surface area contributed by atoms with Gasteiger partial charge < -0.3 is 34.3 Å². The van der Waals surface area contributed by atoms with Gasteiger partial charge in [0.05, 0.1) is 11.5 Å². The van der Waals surface area contributed by atoms with E-state index in [1.165, 1.54) is 25.1 Å². The van der Waals surface area contributed by atoms with E-state index in [1.807, 2.05) is 0 Å². The van der Waals surface area contributed by atoms with Crippen molar-refractivity contribution < 1.29 is 58.2 Å². The van der Waals surface area contributed by atoms with E-state index >= 15 is 0 Å². The van der Waals surface area contributed by atoms with Crippen molar-refractivity contribution in [3.05, 3.63) is 47.5 Å². The minimum atomic E-state index is -2.53. The highest BCUT2D eigenvalue weighted by molar-refractivity contribution is 6.01. The van der Waals surface area contributed by atoms with Crippen molar-refractivity contribution in [1.29, 1.82) is 0 Å². The second kappa shape index (κ2) is 11.1. The number of benzene rings is 1. The van der Waals surface area contributed by atoms with E-state index in [4.69, 9.17) is 18.9 Å². The van der Waals surface area contributed by atoms with Gasteiger partial charge in [-0.05, 0) is 51.7 Å². The number of rotatable bonds is 6. The molecule has 1 saturated heterocycles. The molecule has 1 aliphatic heterocycles. The number of ether oxygens (including phenoxy) is 4. The molecule has 250 valence electrons. The molecule has 0 radical (unpaired) electrons. The minimum absolute atomic E-state index is 0.139. The first-order chi connectivity index (χ1) is 21.3. The SMILES string of the molecule is C/C=C(/C)C(=O)O[C@@H]1C2[C@@H](OC(=O)c3ccccc3)[C@@H](C)C[C@]2(O)C(=O)[C@@](C)(O)[C@H]2CC(C)(C)C(=O)[C@]2(O)[C@H]2O[C@@]12COC(C)=O. The molecule has 5 rings (SSSR count). The van der Waals surface area contributed by atoms with Crippen LogP contribution < -0.4 is 0 Å². The van der Waals surface area contributed by atoms with Crippen molar-refractivity contribution in [1.82, 2.24) is 0 Å². The van der Waals surface area contributed by atoms with Crippen LogP contribution in [0.2, 0.25) is 0 Å². The molecule has 0 amide bonds. The summed E-state index contributed by atoms with van der Waals surface area (Å²) in [6.45, 7) is 9.43. The summed E-state index contributed by atoms with van der Waals surface area (Å²) in [5.41, 5.74) is -10.5. The number of hydrogen-bond donors (Lipinski definition) is 3. The lowest BCUT2D eigenvalue weighted by Crippen LogP contribution is -2.63. The summed E-state index contributed by atoms with van der Waals surface area (Å²) in [5.74, 6) is -8.09. The number of hydrogen-bond acceptors (Lipinski definition) is 12. The van der Waals surface area contributed by atoms with Crippen LogP contribution in [-0.4, -0.2) is 92.1 Å². The van der Waals surface area contributed by atoms with Crippen LogP contribution in [0.25, 0.3) is 0 Å². The van der Waals surface area contributed by atoms with Crippen molar-refractivity contribution in [3.8, 4) is 0 Å². The number of aliphatic hydroxyl groups is 3. The zero-order valence-electron chi connectivity index (χ0n) is 27.1. The quantitative estimate of drug-likeness (QED) is 0.177. The predicted octanol–water partition coefficient (Wildman–Crippen LogP) is 1.86. The summed E-state index contributed by atoms with van der Waals surface area (Å²) in [6, 6.07) is 8.01. The molecule has 12 heteroatoms. The topological polar surface area (TPSA) is 186 Å². The summed E-state index contributed by atoms with van der Waals surface area (Å²) >= 11 is 0. The highest BCUT2D eigenvalue weighted by Gasteiger charge is 2.84. The first-order valence-corrected chi connectivity index (χ1v) is 15.5. The van der Waals surface area contributed by atoms with Gasteiger partial charge in [0.1, 0.15) is 36.1 Å². The van der Waals surface area contributed by atoms with E-state index in [1.54, 1.807) is 45.9 Å². The number of fused-ring (bicyclic) bond motifs is 4. The number of carbonyl (C=O) groups excluding carboxylic acids is 5. The van der Waals surface area contributed by atoms with Gasteiger partial charge in [-0.2, -0.15) is 0 Å². The highest BCUT2D eigenvalue weighted by atomic mass is 16.7. The third-order valence-corrected chi connectivity index (χ3v) is 10.5. The van der Waals surface area contributed by atoms with Crippen molar-refractivity contribution in [2.75, 3.05) is 6.61 Å². The second-order valence-electron chi connectivity index (χ2n) is 14.2. The van der Waals surface area contributed by atoms with E-state index in [0.717, 1.165) is 13.8 Å². The average molecular weight is 643 g/mol. The van der Waals surface area contributed by atoms with Crippen LogP contribution in [0, 0.1) is 23.2 Å². The van der Waals surface area contributed by atoms with E-state index in [0.29, 0.717) is 0 Å². The molecule has 0 spiro atoms. The molecule has 1 unspecified atom stereocenters. The fraction of sp³-hybridized carbons (Fsp3) is 0.618. The fourth-order valence-electron chi connectivity index (χ4n) is 8.05.